The number of rotatable bonds is 2. The summed E-state index contributed by atoms with van der Waals surface area (Å²) in [5.74, 6) is 0.357. The normalized spacial score (nSPS) is 11.3. The quantitative estimate of drug-likeness (QED) is 0.604. The summed E-state index contributed by atoms with van der Waals surface area (Å²) < 4.78 is 42.7. The van der Waals surface area contributed by atoms with Crippen LogP contribution in [0.5, 0.6) is 11.6 Å². The number of alkyl halides is 3. The SMILES string of the molecule is FC(F)(F)c1ccc(Oc2ccc(I)nc2)nn1. The predicted molar refractivity (Wildman–Crippen MR) is 64.1 cm³/mol. The second-order valence-electron chi connectivity index (χ2n) is 3.17. The first kappa shape index (κ1) is 13.0. The minimum absolute atomic E-state index is 0.0222. The van der Waals surface area contributed by atoms with Crippen LogP contribution in [0, 0.1) is 3.70 Å². The van der Waals surface area contributed by atoms with Gasteiger partial charge in [0, 0.05) is 6.07 Å². The smallest absolute Gasteiger partial charge is 0.435 e. The van der Waals surface area contributed by atoms with E-state index in [4.69, 9.17) is 4.74 Å². The molecule has 0 fully saturated rings. The third-order valence-electron chi connectivity index (χ3n) is 1.85. The number of aromatic nitrogens is 3. The molecule has 0 aliphatic carbocycles. The maximum atomic E-state index is 12.2. The van der Waals surface area contributed by atoms with Crippen molar-refractivity contribution in [2.24, 2.45) is 0 Å². The first-order valence-electron chi connectivity index (χ1n) is 4.65. The van der Waals surface area contributed by atoms with Crippen LogP contribution in [0.2, 0.25) is 0 Å². The number of pyridine rings is 1. The van der Waals surface area contributed by atoms with E-state index < -0.39 is 11.9 Å². The van der Waals surface area contributed by atoms with E-state index in [2.05, 4.69) is 15.2 Å². The van der Waals surface area contributed by atoms with Gasteiger partial charge in [0.15, 0.2) is 5.69 Å². The lowest BCUT2D eigenvalue weighted by Crippen LogP contribution is -2.08. The minimum atomic E-state index is -4.50. The predicted octanol–water partition coefficient (Wildman–Crippen LogP) is 3.29. The number of halogens is 4. The van der Waals surface area contributed by atoms with Crippen LogP contribution in [-0.2, 0) is 6.18 Å². The van der Waals surface area contributed by atoms with E-state index in [0.29, 0.717) is 5.75 Å². The van der Waals surface area contributed by atoms with Crippen LogP contribution in [0.4, 0.5) is 13.2 Å². The van der Waals surface area contributed by atoms with Gasteiger partial charge in [0.1, 0.15) is 9.45 Å². The molecular formula is C10H5F3IN3O. The molecule has 18 heavy (non-hydrogen) atoms. The summed E-state index contributed by atoms with van der Waals surface area (Å²) in [5, 5.41) is 6.38. The zero-order valence-corrected chi connectivity index (χ0v) is 10.8. The van der Waals surface area contributed by atoms with Crippen LogP contribution in [-0.4, -0.2) is 15.2 Å². The van der Waals surface area contributed by atoms with Crippen molar-refractivity contribution in [2.75, 3.05) is 0 Å². The number of ether oxygens (including phenoxy) is 1. The maximum Gasteiger partial charge on any atom is 0.435 e. The van der Waals surface area contributed by atoms with E-state index in [-0.39, 0.29) is 5.88 Å². The van der Waals surface area contributed by atoms with Crippen molar-refractivity contribution in [3.05, 3.63) is 39.9 Å². The molecule has 0 saturated carbocycles. The van der Waals surface area contributed by atoms with Gasteiger partial charge in [0.2, 0.25) is 5.88 Å². The fourth-order valence-corrected chi connectivity index (χ4v) is 1.39. The van der Waals surface area contributed by atoms with Crippen LogP contribution in [0.1, 0.15) is 5.69 Å². The van der Waals surface area contributed by atoms with Crippen LogP contribution in [0.3, 0.4) is 0 Å². The summed E-state index contributed by atoms with van der Waals surface area (Å²) >= 11 is 2.02. The Kier molecular flexibility index (Phi) is 3.64. The first-order valence-corrected chi connectivity index (χ1v) is 5.73. The van der Waals surface area contributed by atoms with E-state index in [1.165, 1.54) is 6.20 Å². The molecule has 0 N–H and O–H groups in total. The Morgan fingerprint density at radius 3 is 2.33 bits per heavy atom. The van der Waals surface area contributed by atoms with Crippen LogP contribution < -0.4 is 4.74 Å². The number of nitrogens with zero attached hydrogens (tertiary/aromatic N) is 3. The molecule has 0 aromatic carbocycles. The molecule has 2 rings (SSSR count). The van der Waals surface area contributed by atoms with Gasteiger partial charge in [-0.2, -0.15) is 13.2 Å². The van der Waals surface area contributed by atoms with Gasteiger partial charge in [-0.3, -0.25) is 0 Å². The third kappa shape index (κ3) is 3.28. The Morgan fingerprint density at radius 1 is 1.06 bits per heavy atom. The largest absolute Gasteiger partial charge is 0.436 e. The standard InChI is InChI=1S/C10H5F3IN3O/c11-10(12,13)7-2-4-9(17-16-7)18-6-1-3-8(14)15-5-6/h1-5H. The Bertz CT molecular complexity index is 528. The molecule has 0 spiro atoms. The van der Waals surface area contributed by atoms with Crippen molar-refractivity contribution in [2.45, 2.75) is 6.18 Å². The molecule has 0 unspecified atom stereocenters. The average molecular weight is 367 g/mol. The first-order chi connectivity index (χ1) is 8.45. The lowest BCUT2D eigenvalue weighted by molar-refractivity contribution is -0.141. The van der Waals surface area contributed by atoms with Gasteiger partial charge in [-0.1, -0.05) is 0 Å². The van der Waals surface area contributed by atoms with Crippen LogP contribution in [0.15, 0.2) is 30.5 Å². The van der Waals surface area contributed by atoms with Gasteiger partial charge in [-0.15, -0.1) is 10.2 Å². The zero-order chi connectivity index (χ0) is 13.2. The van der Waals surface area contributed by atoms with E-state index in [1.54, 1.807) is 12.1 Å². The molecular weight excluding hydrogens is 362 g/mol. The molecule has 0 radical (unpaired) electrons. The molecule has 0 saturated heterocycles. The Labute approximate surface area is 113 Å². The average Bonchev–Trinajstić information content (AvgIpc) is 2.32. The van der Waals surface area contributed by atoms with Crippen molar-refractivity contribution in [3.8, 4) is 11.6 Å². The summed E-state index contributed by atoms with van der Waals surface area (Å²) in [6.07, 6.45) is -3.06. The fraction of sp³-hybridized carbons (Fsp3) is 0.100. The topological polar surface area (TPSA) is 47.9 Å². The number of hydrogen-bond donors (Lipinski definition) is 0. The molecule has 0 aliphatic heterocycles. The Morgan fingerprint density at radius 2 is 1.83 bits per heavy atom. The highest BCUT2D eigenvalue weighted by atomic mass is 127. The van der Waals surface area contributed by atoms with Crippen LogP contribution in [0.25, 0.3) is 0 Å². The summed E-state index contributed by atoms with van der Waals surface area (Å²) in [5.41, 5.74) is -1.06. The van der Waals surface area contributed by atoms with E-state index in [9.17, 15) is 13.2 Å². The van der Waals surface area contributed by atoms with Crippen LogP contribution >= 0.6 is 22.6 Å². The molecule has 0 aliphatic rings. The van der Waals surface area contributed by atoms with Gasteiger partial charge in [0.25, 0.3) is 0 Å². The molecule has 4 nitrogen and oxygen atoms in total. The van der Waals surface area contributed by atoms with Crippen molar-refractivity contribution < 1.29 is 17.9 Å². The fourth-order valence-electron chi connectivity index (χ4n) is 1.07. The zero-order valence-electron chi connectivity index (χ0n) is 8.65. The molecule has 2 heterocycles. The molecule has 0 atom stereocenters. The summed E-state index contributed by atoms with van der Waals surface area (Å²) in [6, 6.07) is 5.25. The second-order valence-corrected chi connectivity index (χ2v) is 4.28. The summed E-state index contributed by atoms with van der Waals surface area (Å²) in [7, 11) is 0. The lowest BCUT2D eigenvalue weighted by atomic mass is 10.4. The molecule has 8 heteroatoms. The lowest BCUT2D eigenvalue weighted by Gasteiger charge is -2.06. The summed E-state index contributed by atoms with van der Waals surface area (Å²) in [4.78, 5) is 3.97. The van der Waals surface area contributed by atoms with Crippen molar-refractivity contribution in [1.82, 2.24) is 15.2 Å². The third-order valence-corrected chi connectivity index (χ3v) is 2.49. The highest BCUT2D eigenvalue weighted by Gasteiger charge is 2.32. The van der Waals surface area contributed by atoms with E-state index in [0.717, 1.165) is 15.8 Å². The van der Waals surface area contributed by atoms with E-state index in [1.807, 2.05) is 22.6 Å². The second kappa shape index (κ2) is 5.04. The molecule has 0 bridgehead atoms. The highest BCUT2D eigenvalue weighted by Crippen LogP contribution is 2.28. The maximum absolute atomic E-state index is 12.2. The van der Waals surface area contributed by atoms with Gasteiger partial charge in [0.05, 0.1) is 6.20 Å². The Hall–Kier alpha value is -1.45. The van der Waals surface area contributed by atoms with Gasteiger partial charge >= 0.3 is 6.18 Å². The van der Waals surface area contributed by atoms with Crippen molar-refractivity contribution in [3.63, 3.8) is 0 Å². The molecule has 0 amide bonds. The molecule has 2 aromatic heterocycles. The Balaban J connectivity index is 2.13. The molecule has 2 aromatic rings. The van der Waals surface area contributed by atoms with Gasteiger partial charge in [-0.25, -0.2) is 4.98 Å². The number of hydrogen-bond acceptors (Lipinski definition) is 4. The van der Waals surface area contributed by atoms with Crippen molar-refractivity contribution in [1.29, 1.82) is 0 Å². The van der Waals surface area contributed by atoms with E-state index >= 15 is 0 Å². The van der Waals surface area contributed by atoms with Gasteiger partial charge < -0.3 is 4.74 Å². The van der Waals surface area contributed by atoms with Crippen molar-refractivity contribution >= 4 is 22.6 Å². The minimum Gasteiger partial charge on any atom is -0.436 e. The molecule has 94 valence electrons. The monoisotopic (exact) mass is 367 g/mol. The van der Waals surface area contributed by atoms with Gasteiger partial charge in [-0.05, 0) is 40.8 Å². The summed E-state index contributed by atoms with van der Waals surface area (Å²) in [6.45, 7) is 0. The highest BCUT2D eigenvalue weighted by molar-refractivity contribution is 14.1.